The van der Waals surface area contributed by atoms with Gasteiger partial charge in [0.1, 0.15) is 5.56 Å². The van der Waals surface area contributed by atoms with Crippen LogP contribution >= 0.6 is 11.5 Å². The minimum atomic E-state index is -0.957. The van der Waals surface area contributed by atoms with E-state index in [9.17, 15) is 4.79 Å². The second-order valence-electron chi connectivity index (χ2n) is 3.01. The predicted molar refractivity (Wildman–Crippen MR) is 52.9 cm³/mol. The van der Waals surface area contributed by atoms with E-state index in [-0.39, 0.29) is 5.56 Å². The first kappa shape index (κ1) is 9.78. The van der Waals surface area contributed by atoms with Crippen LogP contribution in [0.5, 0.6) is 0 Å². The summed E-state index contributed by atoms with van der Waals surface area (Å²) in [7, 11) is 0. The van der Waals surface area contributed by atoms with Crippen LogP contribution in [0, 0.1) is 6.92 Å². The molecule has 2 heterocycles. The first-order valence-corrected chi connectivity index (χ1v) is 4.97. The molecule has 0 fully saturated rings. The van der Waals surface area contributed by atoms with E-state index in [0.29, 0.717) is 12.2 Å². The van der Waals surface area contributed by atoms with E-state index in [0.717, 1.165) is 4.88 Å². The monoisotopic (exact) mass is 224 g/mol. The second-order valence-corrected chi connectivity index (χ2v) is 3.88. The van der Waals surface area contributed by atoms with Crippen LogP contribution in [0.3, 0.4) is 0 Å². The van der Waals surface area contributed by atoms with Crippen molar-refractivity contribution in [3.05, 3.63) is 28.5 Å². The largest absolute Gasteiger partial charge is 0.478 e. The summed E-state index contributed by atoms with van der Waals surface area (Å²) in [6.45, 7) is 2.18. The molecule has 0 unspecified atom stereocenters. The number of aromatic nitrogens is 4. The van der Waals surface area contributed by atoms with E-state index < -0.39 is 5.97 Å². The summed E-state index contributed by atoms with van der Waals surface area (Å²) in [6, 6.07) is 0. The van der Waals surface area contributed by atoms with Crippen molar-refractivity contribution in [2.75, 3.05) is 0 Å². The SMILES string of the molecule is Cc1nn(Cc2cnns2)cc1C(=O)O. The number of aryl methyl sites for hydroxylation is 1. The van der Waals surface area contributed by atoms with Crippen molar-refractivity contribution in [3.63, 3.8) is 0 Å². The maximum absolute atomic E-state index is 10.8. The Morgan fingerprint density at radius 2 is 2.47 bits per heavy atom. The molecule has 78 valence electrons. The number of rotatable bonds is 3. The Morgan fingerprint density at radius 3 is 3.00 bits per heavy atom. The fourth-order valence-corrected chi connectivity index (χ4v) is 1.71. The molecule has 2 rings (SSSR count). The summed E-state index contributed by atoms with van der Waals surface area (Å²) in [6.07, 6.45) is 3.15. The van der Waals surface area contributed by atoms with Crippen molar-refractivity contribution in [1.82, 2.24) is 19.4 Å². The van der Waals surface area contributed by atoms with Crippen LogP contribution < -0.4 is 0 Å². The molecule has 0 aliphatic carbocycles. The van der Waals surface area contributed by atoms with Gasteiger partial charge in [0.25, 0.3) is 0 Å². The van der Waals surface area contributed by atoms with Crippen molar-refractivity contribution in [2.45, 2.75) is 13.5 Å². The zero-order chi connectivity index (χ0) is 10.8. The lowest BCUT2D eigenvalue weighted by Gasteiger charge is -1.94. The Balaban J connectivity index is 2.23. The van der Waals surface area contributed by atoms with Gasteiger partial charge in [0, 0.05) is 6.20 Å². The van der Waals surface area contributed by atoms with Gasteiger partial charge in [-0.15, -0.1) is 5.10 Å². The Kier molecular flexibility index (Phi) is 2.46. The third-order valence-corrected chi connectivity index (χ3v) is 2.55. The average molecular weight is 224 g/mol. The standard InChI is InChI=1S/C8H8N4O2S/c1-5-7(8(13)14)4-12(10-5)3-6-2-9-11-15-6/h2,4H,3H2,1H3,(H,13,14). The van der Waals surface area contributed by atoms with E-state index >= 15 is 0 Å². The number of carbonyl (C=O) groups is 1. The Bertz CT molecular complexity index is 477. The van der Waals surface area contributed by atoms with E-state index in [2.05, 4.69) is 14.7 Å². The topological polar surface area (TPSA) is 80.9 Å². The molecule has 2 aromatic heterocycles. The van der Waals surface area contributed by atoms with E-state index in [1.165, 1.54) is 17.7 Å². The third kappa shape index (κ3) is 2.01. The highest BCUT2D eigenvalue weighted by Gasteiger charge is 2.11. The molecule has 2 aromatic rings. The zero-order valence-corrected chi connectivity index (χ0v) is 8.73. The molecule has 15 heavy (non-hydrogen) atoms. The molecular weight excluding hydrogens is 216 g/mol. The average Bonchev–Trinajstić information content (AvgIpc) is 2.75. The smallest absolute Gasteiger partial charge is 0.339 e. The van der Waals surface area contributed by atoms with E-state index in [1.54, 1.807) is 17.8 Å². The van der Waals surface area contributed by atoms with Crippen LogP contribution in [0.25, 0.3) is 0 Å². The van der Waals surface area contributed by atoms with Crippen LogP contribution in [0.1, 0.15) is 20.9 Å². The number of hydrogen-bond donors (Lipinski definition) is 1. The van der Waals surface area contributed by atoms with Crippen LogP contribution in [-0.4, -0.2) is 30.4 Å². The highest BCUT2D eigenvalue weighted by molar-refractivity contribution is 7.05. The first-order chi connectivity index (χ1) is 7.16. The molecule has 7 heteroatoms. The lowest BCUT2D eigenvalue weighted by atomic mass is 10.3. The molecule has 0 aliphatic heterocycles. The summed E-state index contributed by atoms with van der Waals surface area (Å²) in [5.41, 5.74) is 0.743. The highest BCUT2D eigenvalue weighted by Crippen LogP contribution is 2.09. The molecule has 0 saturated carbocycles. The van der Waals surface area contributed by atoms with Crippen molar-refractivity contribution >= 4 is 17.5 Å². The number of carboxylic acid groups (broad SMARTS) is 1. The molecule has 0 amide bonds. The molecule has 0 aromatic carbocycles. The summed E-state index contributed by atoms with van der Waals surface area (Å²) < 4.78 is 5.29. The van der Waals surface area contributed by atoms with Gasteiger partial charge in [0.2, 0.25) is 0 Å². The molecule has 0 spiro atoms. The van der Waals surface area contributed by atoms with Gasteiger partial charge in [-0.1, -0.05) is 4.49 Å². The molecule has 0 aliphatic rings. The summed E-state index contributed by atoms with van der Waals surface area (Å²) in [4.78, 5) is 11.7. The van der Waals surface area contributed by atoms with Gasteiger partial charge in [-0.05, 0) is 18.5 Å². The molecule has 1 N–H and O–H groups in total. The van der Waals surface area contributed by atoms with Gasteiger partial charge in [-0.25, -0.2) is 4.79 Å². The maximum Gasteiger partial charge on any atom is 0.339 e. The maximum atomic E-state index is 10.8. The van der Waals surface area contributed by atoms with E-state index in [1.807, 2.05) is 0 Å². The predicted octanol–water partition coefficient (Wildman–Crippen LogP) is 0.790. The number of aromatic carboxylic acids is 1. The number of nitrogens with zero attached hydrogens (tertiary/aromatic N) is 4. The molecule has 0 bridgehead atoms. The minimum Gasteiger partial charge on any atom is -0.478 e. The van der Waals surface area contributed by atoms with Crippen LogP contribution in [0.2, 0.25) is 0 Å². The quantitative estimate of drug-likeness (QED) is 0.833. The van der Waals surface area contributed by atoms with Crippen molar-refractivity contribution in [2.24, 2.45) is 0 Å². The molecular formula is C8H8N4O2S. The van der Waals surface area contributed by atoms with Gasteiger partial charge in [0.05, 0.1) is 23.3 Å². The molecule has 6 nitrogen and oxygen atoms in total. The third-order valence-electron chi connectivity index (χ3n) is 1.90. The summed E-state index contributed by atoms with van der Waals surface area (Å²) in [5, 5.41) is 16.6. The van der Waals surface area contributed by atoms with Crippen molar-refractivity contribution in [3.8, 4) is 0 Å². The first-order valence-electron chi connectivity index (χ1n) is 4.20. The zero-order valence-electron chi connectivity index (χ0n) is 7.91. The van der Waals surface area contributed by atoms with Gasteiger partial charge < -0.3 is 5.11 Å². The second kappa shape index (κ2) is 3.77. The Labute approximate surface area is 89.3 Å². The van der Waals surface area contributed by atoms with Crippen LogP contribution in [0.4, 0.5) is 0 Å². The molecule has 0 radical (unpaired) electrons. The molecule has 0 atom stereocenters. The lowest BCUT2D eigenvalue weighted by Crippen LogP contribution is -1.98. The Morgan fingerprint density at radius 1 is 1.67 bits per heavy atom. The normalized spacial score (nSPS) is 10.5. The lowest BCUT2D eigenvalue weighted by molar-refractivity contribution is 0.0696. The fraction of sp³-hybridized carbons (Fsp3) is 0.250. The van der Waals surface area contributed by atoms with E-state index in [4.69, 9.17) is 5.11 Å². The number of hydrogen-bond acceptors (Lipinski definition) is 5. The van der Waals surface area contributed by atoms with Gasteiger partial charge in [-0.2, -0.15) is 5.10 Å². The Hall–Kier alpha value is -1.76. The molecule has 0 saturated heterocycles. The van der Waals surface area contributed by atoms with Crippen molar-refractivity contribution in [1.29, 1.82) is 0 Å². The van der Waals surface area contributed by atoms with Crippen LogP contribution in [0.15, 0.2) is 12.4 Å². The van der Waals surface area contributed by atoms with Crippen molar-refractivity contribution < 1.29 is 9.90 Å². The van der Waals surface area contributed by atoms with Gasteiger partial charge in [-0.3, -0.25) is 4.68 Å². The fourth-order valence-electron chi connectivity index (χ4n) is 1.23. The number of carboxylic acids is 1. The van der Waals surface area contributed by atoms with Crippen LogP contribution in [-0.2, 0) is 6.54 Å². The summed E-state index contributed by atoms with van der Waals surface area (Å²) in [5.74, 6) is -0.957. The minimum absolute atomic E-state index is 0.229. The summed E-state index contributed by atoms with van der Waals surface area (Å²) >= 11 is 1.27. The van der Waals surface area contributed by atoms with Gasteiger partial charge >= 0.3 is 5.97 Å². The van der Waals surface area contributed by atoms with Gasteiger partial charge in [0.15, 0.2) is 0 Å². The highest BCUT2D eigenvalue weighted by atomic mass is 32.1.